The zero-order valence-electron chi connectivity index (χ0n) is 8.22. The summed E-state index contributed by atoms with van der Waals surface area (Å²) >= 11 is 0. The fourth-order valence-electron chi connectivity index (χ4n) is 1.95. The first kappa shape index (κ1) is 9.72. The van der Waals surface area contributed by atoms with E-state index in [9.17, 15) is 4.79 Å². The van der Waals surface area contributed by atoms with Crippen LogP contribution in [0.3, 0.4) is 0 Å². The highest BCUT2D eigenvalue weighted by Gasteiger charge is 2.37. The minimum Gasteiger partial charge on any atom is -0.380 e. The normalized spacial score (nSPS) is 30.6. The highest BCUT2D eigenvalue weighted by atomic mass is 16.5. The van der Waals surface area contributed by atoms with E-state index >= 15 is 0 Å². The van der Waals surface area contributed by atoms with Gasteiger partial charge < -0.3 is 9.53 Å². The molecule has 0 spiro atoms. The van der Waals surface area contributed by atoms with Crippen LogP contribution in [0.4, 0.5) is 0 Å². The van der Waals surface area contributed by atoms with Crippen LogP contribution in [0, 0.1) is 10.8 Å². The number of ether oxygens (including phenoxy) is 1. The van der Waals surface area contributed by atoms with Gasteiger partial charge in [-0.25, -0.2) is 0 Å². The second-order valence-corrected chi connectivity index (χ2v) is 5.02. The van der Waals surface area contributed by atoms with E-state index in [0.717, 1.165) is 25.7 Å². The summed E-state index contributed by atoms with van der Waals surface area (Å²) in [7, 11) is 0. The van der Waals surface area contributed by atoms with Gasteiger partial charge in [-0.2, -0.15) is 0 Å². The predicted molar refractivity (Wildman–Crippen MR) is 48.0 cm³/mol. The summed E-state index contributed by atoms with van der Waals surface area (Å²) in [5, 5.41) is 0. The number of carbonyl (C=O) groups excluding carboxylic acids is 1. The van der Waals surface area contributed by atoms with Gasteiger partial charge in [0.15, 0.2) is 0 Å². The van der Waals surface area contributed by atoms with Crippen molar-refractivity contribution in [1.82, 2.24) is 0 Å². The SMILES string of the molecule is CC(C)(C)CC1(C=O)CCOC1. The molecule has 1 unspecified atom stereocenters. The van der Waals surface area contributed by atoms with E-state index in [-0.39, 0.29) is 10.8 Å². The number of hydrogen-bond donors (Lipinski definition) is 0. The van der Waals surface area contributed by atoms with Crippen LogP contribution in [0.25, 0.3) is 0 Å². The third kappa shape index (κ3) is 2.31. The van der Waals surface area contributed by atoms with Crippen LogP contribution in [-0.2, 0) is 9.53 Å². The fourth-order valence-corrected chi connectivity index (χ4v) is 1.95. The molecule has 0 amide bonds. The van der Waals surface area contributed by atoms with Gasteiger partial charge in [0.1, 0.15) is 6.29 Å². The second-order valence-electron chi connectivity index (χ2n) is 5.02. The van der Waals surface area contributed by atoms with Crippen molar-refractivity contribution < 1.29 is 9.53 Å². The van der Waals surface area contributed by atoms with Gasteiger partial charge in [0.2, 0.25) is 0 Å². The van der Waals surface area contributed by atoms with Crippen molar-refractivity contribution in [1.29, 1.82) is 0 Å². The second kappa shape index (κ2) is 3.17. The van der Waals surface area contributed by atoms with Gasteiger partial charge in [-0.05, 0) is 18.3 Å². The quantitative estimate of drug-likeness (QED) is 0.593. The van der Waals surface area contributed by atoms with E-state index in [2.05, 4.69) is 20.8 Å². The molecule has 0 aromatic heterocycles. The molecule has 0 N–H and O–H groups in total. The van der Waals surface area contributed by atoms with Gasteiger partial charge in [0, 0.05) is 6.61 Å². The van der Waals surface area contributed by atoms with Crippen molar-refractivity contribution in [3.8, 4) is 0 Å². The van der Waals surface area contributed by atoms with E-state index in [4.69, 9.17) is 4.74 Å². The Labute approximate surface area is 74.3 Å². The Bertz CT molecular complexity index is 161. The van der Waals surface area contributed by atoms with Gasteiger partial charge in [0.05, 0.1) is 12.0 Å². The minimum absolute atomic E-state index is 0.182. The Balaban J connectivity index is 2.62. The third-order valence-electron chi connectivity index (χ3n) is 2.27. The minimum atomic E-state index is -0.182. The van der Waals surface area contributed by atoms with Crippen LogP contribution in [0.1, 0.15) is 33.6 Å². The van der Waals surface area contributed by atoms with Crippen molar-refractivity contribution in [2.75, 3.05) is 13.2 Å². The van der Waals surface area contributed by atoms with Gasteiger partial charge in [-0.3, -0.25) is 0 Å². The first-order chi connectivity index (χ1) is 5.47. The lowest BCUT2D eigenvalue weighted by molar-refractivity contribution is -0.117. The predicted octanol–water partition coefficient (Wildman–Crippen LogP) is 2.03. The average Bonchev–Trinajstić information content (AvgIpc) is 2.34. The van der Waals surface area contributed by atoms with Crippen LogP contribution < -0.4 is 0 Å². The molecule has 1 aliphatic heterocycles. The maximum Gasteiger partial charge on any atom is 0.128 e. The highest BCUT2D eigenvalue weighted by molar-refractivity contribution is 5.60. The summed E-state index contributed by atoms with van der Waals surface area (Å²) < 4.78 is 5.27. The van der Waals surface area contributed by atoms with Gasteiger partial charge in [-0.1, -0.05) is 20.8 Å². The summed E-state index contributed by atoms with van der Waals surface area (Å²) in [6, 6.07) is 0. The molecule has 0 bridgehead atoms. The Kier molecular flexibility index (Phi) is 2.57. The first-order valence-electron chi connectivity index (χ1n) is 4.52. The zero-order valence-corrected chi connectivity index (χ0v) is 8.22. The molecule has 0 aromatic rings. The van der Waals surface area contributed by atoms with Crippen LogP contribution in [0.5, 0.6) is 0 Å². The molecular weight excluding hydrogens is 152 g/mol. The van der Waals surface area contributed by atoms with E-state index in [1.807, 2.05) is 0 Å². The Morgan fingerprint density at radius 2 is 2.17 bits per heavy atom. The molecule has 0 radical (unpaired) electrons. The molecule has 1 rings (SSSR count). The molecule has 1 atom stereocenters. The summed E-state index contributed by atoms with van der Waals surface area (Å²) in [5.41, 5.74) is 0.0346. The third-order valence-corrected chi connectivity index (χ3v) is 2.27. The van der Waals surface area contributed by atoms with Crippen molar-refractivity contribution in [2.24, 2.45) is 10.8 Å². The number of aldehydes is 1. The summed E-state index contributed by atoms with van der Waals surface area (Å²) in [6.07, 6.45) is 2.92. The monoisotopic (exact) mass is 170 g/mol. The van der Waals surface area contributed by atoms with Crippen LogP contribution in [-0.4, -0.2) is 19.5 Å². The van der Waals surface area contributed by atoms with Gasteiger partial charge in [-0.15, -0.1) is 0 Å². The standard InChI is InChI=1S/C10H18O2/c1-9(2,3)6-10(7-11)4-5-12-8-10/h7H,4-6,8H2,1-3H3. The van der Waals surface area contributed by atoms with Crippen molar-refractivity contribution >= 4 is 6.29 Å². The lowest BCUT2D eigenvalue weighted by Crippen LogP contribution is -2.28. The molecule has 1 aliphatic rings. The maximum absolute atomic E-state index is 10.9. The molecule has 70 valence electrons. The van der Waals surface area contributed by atoms with Crippen LogP contribution in [0.15, 0.2) is 0 Å². The molecule has 0 aliphatic carbocycles. The number of rotatable bonds is 2. The number of carbonyl (C=O) groups is 1. The smallest absolute Gasteiger partial charge is 0.128 e. The molecule has 1 saturated heterocycles. The summed E-state index contributed by atoms with van der Waals surface area (Å²) in [6.45, 7) is 7.85. The Morgan fingerprint density at radius 3 is 2.50 bits per heavy atom. The average molecular weight is 170 g/mol. The van der Waals surface area contributed by atoms with Gasteiger partial charge >= 0.3 is 0 Å². The van der Waals surface area contributed by atoms with Gasteiger partial charge in [0.25, 0.3) is 0 Å². The molecule has 0 saturated carbocycles. The molecular formula is C10H18O2. The van der Waals surface area contributed by atoms with Crippen LogP contribution >= 0.6 is 0 Å². The molecule has 0 aromatic carbocycles. The Hall–Kier alpha value is -0.370. The summed E-state index contributed by atoms with van der Waals surface area (Å²) in [4.78, 5) is 10.9. The van der Waals surface area contributed by atoms with E-state index in [1.54, 1.807) is 0 Å². The molecule has 2 nitrogen and oxygen atoms in total. The van der Waals surface area contributed by atoms with E-state index in [0.29, 0.717) is 6.61 Å². The first-order valence-corrected chi connectivity index (χ1v) is 4.52. The van der Waals surface area contributed by atoms with Crippen molar-refractivity contribution in [3.63, 3.8) is 0 Å². The molecule has 1 fully saturated rings. The molecule has 1 heterocycles. The van der Waals surface area contributed by atoms with E-state index in [1.165, 1.54) is 0 Å². The van der Waals surface area contributed by atoms with E-state index < -0.39 is 0 Å². The fraction of sp³-hybridized carbons (Fsp3) is 0.900. The number of hydrogen-bond acceptors (Lipinski definition) is 2. The molecule has 12 heavy (non-hydrogen) atoms. The van der Waals surface area contributed by atoms with Crippen molar-refractivity contribution in [2.45, 2.75) is 33.6 Å². The maximum atomic E-state index is 10.9. The van der Waals surface area contributed by atoms with Crippen molar-refractivity contribution in [3.05, 3.63) is 0 Å². The highest BCUT2D eigenvalue weighted by Crippen LogP contribution is 2.38. The van der Waals surface area contributed by atoms with Crippen LogP contribution in [0.2, 0.25) is 0 Å². The molecule has 2 heteroatoms. The topological polar surface area (TPSA) is 26.3 Å². The largest absolute Gasteiger partial charge is 0.380 e. The lowest BCUT2D eigenvalue weighted by atomic mass is 9.74. The zero-order chi connectivity index (χ0) is 9.24. The Morgan fingerprint density at radius 1 is 1.50 bits per heavy atom. The lowest BCUT2D eigenvalue weighted by Gasteiger charge is -2.29. The summed E-state index contributed by atoms with van der Waals surface area (Å²) in [5.74, 6) is 0.